The Hall–Kier alpha value is -3.38. The number of hydrogen-bond acceptors (Lipinski definition) is 8. The highest BCUT2D eigenvalue weighted by atomic mass is 19.4. The van der Waals surface area contributed by atoms with Crippen LogP contribution in [-0.4, -0.2) is 57.4 Å². The summed E-state index contributed by atoms with van der Waals surface area (Å²) < 4.78 is 43.2. The Labute approximate surface area is 173 Å². The number of nitrogens with zero attached hydrogens (tertiary/aromatic N) is 3. The monoisotopic (exact) mass is 446 g/mol. The molecule has 13 heteroatoms. The SMILES string of the molecule is Cn1c(N)c(C(=O)COC(=O)C2CCN(/C=C/C(=O)C(F)(F)F)CC2)c(=O)n(C)c1=O. The molecular formula is C18H21F3N4O6. The number of ketones is 2. The molecule has 31 heavy (non-hydrogen) atoms. The zero-order valence-electron chi connectivity index (χ0n) is 16.8. The summed E-state index contributed by atoms with van der Waals surface area (Å²) in [5.74, 6) is -4.49. The number of aromatic nitrogens is 2. The van der Waals surface area contributed by atoms with Crippen molar-refractivity contribution < 1.29 is 32.3 Å². The third kappa shape index (κ3) is 5.41. The lowest BCUT2D eigenvalue weighted by molar-refractivity contribution is -0.165. The summed E-state index contributed by atoms with van der Waals surface area (Å²) in [6, 6.07) is 0. The Bertz CT molecular complexity index is 1030. The predicted molar refractivity (Wildman–Crippen MR) is 101 cm³/mol. The molecule has 1 saturated heterocycles. The standard InChI is InChI=1S/C18H21F3N4O6/c1-23-14(22)13(15(28)24(2)17(23)30)11(26)9-31-16(29)10-3-6-25(7-4-10)8-5-12(27)18(19,20)21/h5,8,10H,3-4,6-7,9,22H2,1-2H3/b8-5+. The van der Waals surface area contributed by atoms with Gasteiger partial charge in [0.15, 0.2) is 6.61 Å². The Balaban J connectivity index is 1.93. The van der Waals surface area contributed by atoms with E-state index in [0.29, 0.717) is 10.6 Å². The van der Waals surface area contributed by atoms with Gasteiger partial charge in [-0.05, 0) is 12.8 Å². The van der Waals surface area contributed by atoms with Gasteiger partial charge < -0.3 is 15.4 Å². The Morgan fingerprint density at radius 3 is 2.26 bits per heavy atom. The van der Waals surface area contributed by atoms with Crippen molar-refractivity contribution >= 4 is 23.4 Å². The van der Waals surface area contributed by atoms with Gasteiger partial charge in [0.2, 0.25) is 5.78 Å². The number of halogens is 3. The molecule has 0 aromatic carbocycles. The van der Waals surface area contributed by atoms with Crippen molar-refractivity contribution in [3.63, 3.8) is 0 Å². The Morgan fingerprint density at radius 2 is 1.71 bits per heavy atom. The molecule has 0 radical (unpaired) electrons. The number of carbonyl (C=O) groups is 3. The molecule has 0 aliphatic carbocycles. The zero-order chi connectivity index (χ0) is 23.5. The lowest BCUT2D eigenvalue weighted by Crippen LogP contribution is -2.42. The van der Waals surface area contributed by atoms with Gasteiger partial charge in [-0.15, -0.1) is 0 Å². The minimum atomic E-state index is -4.94. The van der Waals surface area contributed by atoms with Crippen LogP contribution in [0, 0.1) is 5.92 Å². The Kier molecular flexibility index (Phi) is 7.08. The first-order valence-electron chi connectivity index (χ1n) is 9.13. The highest BCUT2D eigenvalue weighted by Gasteiger charge is 2.36. The second-order valence-electron chi connectivity index (χ2n) is 6.98. The molecule has 1 aromatic rings. The summed E-state index contributed by atoms with van der Waals surface area (Å²) in [6.45, 7) is -0.329. The van der Waals surface area contributed by atoms with Crippen molar-refractivity contribution in [1.82, 2.24) is 14.0 Å². The molecule has 1 aliphatic heterocycles. The fraction of sp³-hybridized carbons (Fsp3) is 0.500. The minimum absolute atomic E-state index is 0.212. The van der Waals surface area contributed by atoms with Gasteiger partial charge in [0.05, 0.1) is 5.92 Å². The van der Waals surface area contributed by atoms with Crippen LogP contribution in [0.15, 0.2) is 21.9 Å². The van der Waals surface area contributed by atoms with Crippen molar-refractivity contribution in [2.45, 2.75) is 19.0 Å². The molecule has 0 bridgehead atoms. The van der Waals surface area contributed by atoms with Crippen LogP contribution in [0.4, 0.5) is 19.0 Å². The van der Waals surface area contributed by atoms with Crippen molar-refractivity contribution in [3.8, 4) is 0 Å². The quantitative estimate of drug-likeness (QED) is 0.359. The highest BCUT2D eigenvalue weighted by molar-refractivity contribution is 6.01. The molecule has 170 valence electrons. The van der Waals surface area contributed by atoms with Gasteiger partial charge in [-0.25, -0.2) is 4.79 Å². The first kappa shape index (κ1) is 23.9. The summed E-state index contributed by atoms with van der Waals surface area (Å²) in [5.41, 5.74) is 3.59. The average molecular weight is 446 g/mol. The number of likely N-dealkylation sites (tertiary alicyclic amines) is 1. The van der Waals surface area contributed by atoms with Gasteiger partial charge in [0.1, 0.15) is 11.4 Å². The van der Waals surface area contributed by atoms with Gasteiger partial charge in [0.25, 0.3) is 11.3 Å². The molecule has 0 amide bonds. The molecule has 2 heterocycles. The molecule has 0 saturated carbocycles. The number of rotatable bonds is 6. The number of Topliss-reactive ketones (excluding diaryl/α,β-unsaturated/α-hetero) is 1. The largest absolute Gasteiger partial charge is 0.457 e. The lowest BCUT2D eigenvalue weighted by Gasteiger charge is -2.29. The van der Waals surface area contributed by atoms with Gasteiger partial charge in [-0.2, -0.15) is 13.2 Å². The smallest absolute Gasteiger partial charge is 0.454 e. The van der Waals surface area contributed by atoms with E-state index in [1.807, 2.05) is 0 Å². The van der Waals surface area contributed by atoms with Crippen LogP contribution in [0.3, 0.4) is 0 Å². The lowest BCUT2D eigenvalue weighted by atomic mass is 9.97. The van der Waals surface area contributed by atoms with Crippen LogP contribution < -0.4 is 17.0 Å². The highest BCUT2D eigenvalue weighted by Crippen LogP contribution is 2.20. The molecule has 0 unspecified atom stereocenters. The summed E-state index contributed by atoms with van der Waals surface area (Å²) in [4.78, 5) is 60.8. The summed E-state index contributed by atoms with van der Waals surface area (Å²) in [6.07, 6.45) is -3.02. The molecule has 0 spiro atoms. The number of nitrogens with two attached hydrogens (primary N) is 1. The molecule has 10 nitrogen and oxygen atoms in total. The number of alkyl halides is 3. The van der Waals surface area contributed by atoms with Crippen LogP contribution >= 0.6 is 0 Å². The van der Waals surface area contributed by atoms with E-state index in [1.54, 1.807) is 0 Å². The predicted octanol–water partition coefficient (Wildman–Crippen LogP) is -0.251. The average Bonchev–Trinajstić information content (AvgIpc) is 2.72. The van der Waals surface area contributed by atoms with Crippen LogP contribution in [0.2, 0.25) is 0 Å². The fourth-order valence-corrected chi connectivity index (χ4v) is 3.00. The van der Waals surface area contributed by atoms with Gasteiger partial charge in [-0.3, -0.25) is 28.3 Å². The summed E-state index contributed by atoms with van der Waals surface area (Å²) in [7, 11) is 2.46. The molecule has 1 aliphatic rings. The number of allylic oxidation sites excluding steroid dienone is 1. The summed E-state index contributed by atoms with van der Waals surface area (Å²) >= 11 is 0. The second-order valence-corrected chi connectivity index (χ2v) is 6.98. The molecule has 0 atom stereocenters. The third-order valence-corrected chi connectivity index (χ3v) is 4.91. The number of anilines is 1. The van der Waals surface area contributed by atoms with E-state index in [2.05, 4.69) is 0 Å². The number of esters is 1. The van der Waals surface area contributed by atoms with Crippen LogP contribution in [0.25, 0.3) is 0 Å². The number of hydrogen-bond donors (Lipinski definition) is 1. The number of ether oxygens (including phenoxy) is 1. The Morgan fingerprint density at radius 1 is 1.13 bits per heavy atom. The molecule has 2 rings (SSSR count). The van der Waals surface area contributed by atoms with E-state index in [1.165, 1.54) is 19.0 Å². The fourth-order valence-electron chi connectivity index (χ4n) is 3.00. The summed E-state index contributed by atoms with van der Waals surface area (Å²) in [5, 5.41) is 0. The van der Waals surface area contributed by atoms with Crippen LogP contribution in [0.1, 0.15) is 23.2 Å². The number of piperidine rings is 1. The van der Waals surface area contributed by atoms with Crippen LogP contribution in [-0.2, 0) is 28.4 Å². The number of carbonyl (C=O) groups excluding carboxylic acids is 3. The van der Waals surface area contributed by atoms with Gasteiger partial charge >= 0.3 is 17.8 Å². The zero-order valence-corrected chi connectivity index (χ0v) is 16.8. The maximum absolute atomic E-state index is 12.3. The van der Waals surface area contributed by atoms with E-state index in [-0.39, 0.29) is 31.7 Å². The van der Waals surface area contributed by atoms with Crippen LogP contribution in [0.5, 0.6) is 0 Å². The topological polar surface area (TPSA) is 134 Å². The maximum atomic E-state index is 12.3. The second kappa shape index (κ2) is 9.18. The van der Waals surface area contributed by atoms with E-state index in [9.17, 15) is 37.1 Å². The molecule has 1 fully saturated rings. The van der Waals surface area contributed by atoms with E-state index in [0.717, 1.165) is 10.8 Å². The van der Waals surface area contributed by atoms with E-state index >= 15 is 0 Å². The first-order valence-corrected chi connectivity index (χ1v) is 9.13. The first-order chi connectivity index (χ1) is 14.3. The minimum Gasteiger partial charge on any atom is -0.457 e. The van der Waals surface area contributed by atoms with E-state index in [4.69, 9.17) is 10.5 Å². The van der Waals surface area contributed by atoms with Crippen molar-refractivity contribution in [1.29, 1.82) is 0 Å². The third-order valence-electron chi connectivity index (χ3n) is 4.91. The molecule has 2 N–H and O–H groups in total. The van der Waals surface area contributed by atoms with Crippen molar-refractivity contribution in [2.75, 3.05) is 25.4 Å². The van der Waals surface area contributed by atoms with E-state index < -0.39 is 53.0 Å². The molecular weight excluding hydrogens is 425 g/mol. The normalized spacial score (nSPS) is 15.3. The van der Waals surface area contributed by atoms with Crippen molar-refractivity contribution in [3.05, 3.63) is 38.7 Å². The van der Waals surface area contributed by atoms with Gasteiger partial charge in [0, 0.05) is 39.5 Å². The van der Waals surface area contributed by atoms with Gasteiger partial charge in [-0.1, -0.05) is 0 Å². The van der Waals surface area contributed by atoms with Crippen molar-refractivity contribution in [2.24, 2.45) is 20.0 Å². The molecule has 1 aromatic heterocycles. The number of nitrogen functional groups attached to an aromatic ring is 1. The maximum Gasteiger partial charge on any atom is 0.454 e.